The van der Waals surface area contributed by atoms with E-state index in [-0.39, 0.29) is 30.4 Å². The van der Waals surface area contributed by atoms with Crippen molar-refractivity contribution >= 4 is 23.2 Å². The van der Waals surface area contributed by atoms with Crippen molar-refractivity contribution in [3.05, 3.63) is 57.8 Å². The van der Waals surface area contributed by atoms with Gasteiger partial charge in [-0.25, -0.2) is 0 Å². The SMILES string of the molecule is CCCCC(=O)N(CC(=O)N1CCc2sccc2[C@@H]1c1ccccc1)C(C)C. The van der Waals surface area contributed by atoms with Crippen LogP contribution in [0.5, 0.6) is 0 Å². The van der Waals surface area contributed by atoms with Gasteiger partial charge >= 0.3 is 0 Å². The van der Waals surface area contributed by atoms with Crippen LogP contribution in [0, 0.1) is 0 Å². The van der Waals surface area contributed by atoms with Crippen LogP contribution in [-0.2, 0) is 16.0 Å². The van der Waals surface area contributed by atoms with E-state index in [1.54, 1.807) is 16.2 Å². The Morgan fingerprint density at radius 3 is 2.64 bits per heavy atom. The van der Waals surface area contributed by atoms with E-state index in [0.29, 0.717) is 13.0 Å². The van der Waals surface area contributed by atoms with Crippen LogP contribution in [0.25, 0.3) is 0 Å². The highest BCUT2D eigenvalue weighted by atomic mass is 32.1. The van der Waals surface area contributed by atoms with E-state index >= 15 is 0 Å². The lowest BCUT2D eigenvalue weighted by Crippen LogP contribution is -2.48. The number of benzene rings is 1. The molecule has 0 saturated carbocycles. The van der Waals surface area contributed by atoms with Crippen molar-refractivity contribution in [3.8, 4) is 0 Å². The molecule has 1 aromatic heterocycles. The molecule has 0 aliphatic carbocycles. The van der Waals surface area contributed by atoms with E-state index in [4.69, 9.17) is 0 Å². The number of amides is 2. The highest BCUT2D eigenvalue weighted by molar-refractivity contribution is 7.10. The lowest BCUT2D eigenvalue weighted by atomic mass is 9.93. The van der Waals surface area contributed by atoms with Gasteiger partial charge in [-0.05, 0) is 49.3 Å². The number of unbranched alkanes of at least 4 members (excludes halogenated alkanes) is 1. The van der Waals surface area contributed by atoms with Gasteiger partial charge in [0.1, 0.15) is 6.54 Å². The first-order valence-electron chi connectivity index (χ1n) is 10.2. The molecule has 5 heteroatoms. The van der Waals surface area contributed by atoms with Crippen LogP contribution in [0.2, 0.25) is 0 Å². The van der Waals surface area contributed by atoms with E-state index in [1.165, 1.54) is 10.4 Å². The van der Waals surface area contributed by atoms with Crippen LogP contribution in [0.15, 0.2) is 41.8 Å². The Kier molecular flexibility index (Phi) is 6.89. The molecule has 0 saturated heterocycles. The van der Waals surface area contributed by atoms with Crippen molar-refractivity contribution in [3.63, 3.8) is 0 Å². The van der Waals surface area contributed by atoms with Crippen LogP contribution in [0.1, 0.15) is 62.1 Å². The molecule has 4 nitrogen and oxygen atoms in total. The predicted molar refractivity (Wildman–Crippen MR) is 114 cm³/mol. The van der Waals surface area contributed by atoms with Crippen LogP contribution < -0.4 is 0 Å². The molecule has 2 aromatic rings. The third-order valence-electron chi connectivity index (χ3n) is 5.40. The van der Waals surface area contributed by atoms with Crippen molar-refractivity contribution in [2.24, 2.45) is 0 Å². The van der Waals surface area contributed by atoms with Crippen molar-refractivity contribution in [2.45, 2.75) is 58.5 Å². The maximum Gasteiger partial charge on any atom is 0.243 e. The van der Waals surface area contributed by atoms with Crippen LogP contribution in [0.3, 0.4) is 0 Å². The molecule has 0 radical (unpaired) electrons. The number of fused-ring (bicyclic) bond motifs is 1. The summed E-state index contributed by atoms with van der Waals surface area (Å²) in [7, 11) is 0. The average molecular weight is 399 g/mol. The van der Waals surface area contributed by atoms with E-state index in [0.717, 1.165) is 24.8 Å². The maximum atomic E-state index is 13.3. The minimum Gasteiger partial charge on any atom is -0.331 e. The number of rotatable bonds is 7. The Labute approximate surface area is 172 Å². The van der Waals surface area contributed by atoms with Gasteiger partial charge in [0.15, 0.2) is 0 Å². The lowest BCUT2D eigenvalue weighted by Gasteiger charge is -2.38. The molecule has 2 amide bonds. The molecule has 0 spiro atoms. The van der Waals surface area contributed by atoms with Crippen molar-refractivity contribution < 1.29 is 9.59 Å². The standard InChI is InChI=1S/C23H30N2O2S/c1-4-5-11-21(26)25(17(2)3)16-22(27)24-14-12-20-19(13-15-28-20)23(24)18-9-7-6-8-10-18/h6-10,13,15,17,23H,4-5,11-12,14,16H2,1-3H3/t23-/m0/s1. The Hall–Kier alpha value is -2.14. The average Bonchev–Trinajstić information content (AvgIpc) is 3.18. The highest BCUT2D eigenvalue weighted by Gasteiger charge is 2.34. The second kappa shape index (κ2) is 9.37. The van der Waals surface area contributed by atoms with Gasteiger partial charge in [-0.1, -0.05) is 43.7 Å². The third kappa shape index (κ3) is 4.46. The second-order valence-corrected chi connectivity index (χ2v) is 8.67. The van der Waals surface area contributed by atoms with Gasteiger partial charge in [-0.3, -0.25) is 9.59 Å². The van der Waals surface area contributed by atoms with Crippen molar-refractivity contribution in [1.82, 2.24) is 9.80 Å². The van der Waals surface area contributed by atoms with Gasteiger partial charge in [0.05, 0.1) is 6.04 Å². The molecule has 1 aromatic carbocycles. The minimum atomic E-state index is -0.0662. The predicted octanol–water partition coefficient (Wildman–Crippen LogP) is 4.65. The van der Waals surface area contributed by atoms with Crippen molar-refractivity contribution in [2.75, 3.05) is 13.1 Å². The summed E-state index contributed by atoms with van der Waals surface area (Å²) in [5, 5.41) is 2.11. The van der Waals surface area contributed by atoms with Crippen molar-refractivity contribution in [1.29, 1.82) is 0 Å². The molecular weight excluding hydrogens is 368 g/mol. The molecule has 150 valence electrons. The lowest BCUT2D eigenvalue weighted by molar-refractivity contribution is -0.143. The second-order valence-electron chi connectivity index (χ2n) is 7.67. The fourth-order valence-corrected chi connectivity index (χ4v) is 4.75. The van der Waals surface area contributed by atoms with E-state index in [1.807, 2.05) is 36.9 Å². The molecular formula is C23H30N2O2S. The Bertz CT molecular complexity index is 800. The van der Waals surface area contributed by atoms with Crippen LogP contribution >= 0.6 is 11.3 Å². The summed E-state index contributed by atoms with van der Waals surface area (Å²) in [6.45, 7) is 6.90. The van der Waals surface area contributed by atoms with E-state index < -0.39 is 0 Å². The largest absolute Gasteiger partial charge is 0.331 e. The first-order valence-corrected chi connectivity index (χ1v) is 11.1. The normalized spacial score (nSPS) is 16.1. The quantitative estimate of drug-likeness (QED) is 0.681. The zero-order chi connectivity index (χ0) is 20.1. The number of thiophene rings is 1. The molecule has 0 fully saturated rings. The molecule has 1 atom stereocenters. The fourth-order valence-electron chi connectivity index (χ4n) is 3.85. The molecule has 0 N–H and O–H groups in total. The number of hydrogen-bond donors (Lipinski definition) is 0. The summed E-state index contributed by atoms with van der Waals surface area (Å²) in [6.07, 6.45) is 3.24. The summed E-state index contributed by atoms with van der Waals surface area (Å²) in [5.74, 6) is 0.110. The molecule has 0 bridgehead atoms. The van der Waals surface area contributed by atoms with Gasteiger partial charge < -0.3 is 9.80 Å². The number of nitrogens with zero attached hydrogens (tertiary/aromatic N) is 2. The Morgan fingerprint density at radius 1 is 1.21 bits per heavy atom. The summed E-state index contributed by atoms with van der Waals surface area (Å²) in [4.78, 5) is 31.0. The Morgan fingerprint density at radius 2 is 1.96 bits per heavy atom. The zero-order valence-corrected chi connectivity index (χ0v) is 17.9. The fraction of sp³-hybridized carbons (Fsp3) is 0.478. The smallest absolute Gasteiger partial charge is 0.243 e. The molecule has 1 aliphatic rings. The summed E-state index contributed by atoms with van der Waals surface area (Å²) in [6, 6.07) is 12.3. The third-order valence-corrected chi connectivity index (χ3v) is 6.39. The first kappa shape index (κ1) is 20.6. The zero-order valence-electron chi connectivity index (χ0n) is 17.1. The van der Waals surface area contributed by atoms with Crippen LogP contribution in [0.4, 0.5) is 0 Å². The number of carbonyl (C=O) groups excluding carboxylic acids is 2. The maximum absolute atomic E-state index is 13.3. The minimum absolute atomic E-state index is 0.0185. The first-order chi connectivity index (χ1) is 13.5. The molecule has 1 aliphatic heterocycles. The Balaban J connectivity index is 1.84. The highest BCUT2D eigenvalue weighted by Crippen LogP contribution is 2.37. The van der Waals surface area contributed by atoms with E-state index in [2.05, 4.69) is 30.5 Å². The number of hydrogen-bond acceptors (Lipinski definition) is 3. The summed E-state index contributed by atoms with van der Waals surface area (Å²) < 4.78 is 0. The molecule has 28 heavy (non-hydrogen) atoms. The summed E-state index contributed by atoms with van der Waals surface area (Å²) >= 11 is 1.77. The van der Waals surface area contributed by atoms with E-state index in [9.17, 15) is 9.59 Å². The summed E-state index contributed by atoms with van der Waals surface area (Å²) in [5.41, 5.74) is 2.35. The van der Waals surface area contributed by atoms with Crippen LogP contribution in [-0.4, -0.2) is 40.7 Å². The molecule has 0 unspecified atom stereocenters. The van der Waals surface area contributed by atoms with Gasteiger partial charge in [-0.15, -0.1) is 11.3 Å². The number of carbonyl (C=O) groups is 2. The van der Waals surface area contributed by atoms with Gasteiger partial charge in [-0.2, -0.15) is 0 Å². The van der Waals surface area contributed by atoms with Gasteiger partial charge in [0.2, 0.25) is 11.8 Å². The van der Waals surface area contributed by atoms with Gasteiger partial charge in [0.25, 0.3) is 0 Å². The monoisotopic (exact) mass is 398 g/mol. The topological polar surface area (TPSA) is 40.6 Å². The molecule has 3 rings (SSSR count). The molecule has 2 heterocycles. The van der Waals surface area contributed by atoms with Gasteiger partial charge in [0, 0.05) is 23.9 Å².